The van der Waals surface area contributed by atoms with Crippen LogP contribution >= 0.6 is 12.2 Å². The van der Waals surface area contributed by atoms with Crippen molar-refractivity contribution < 1.29 is 9.90 Å². The van der Waals surface area contributed by atoms with Gasteiger partial charge < -0.3 is 15.4 Å². The lowest BCUT2D eigenvalue weighted by Gasteiger charge is -2.04. The van der Waals surface area contributed by atoms with Crippen molar-refractivity contribution >= 4 is 24.0 Å². The van der Waals surface area contributed by atoms with Gasteiger partial charge >= 0.3 is 5.97 Å². The summed E-state index contributed by atoms with van der Waals surface area (Å²) in [5, 5.41) is 16.3. The number of carboxylic acids is 1. The molecule has 0 atom stereocenters. The van der Waals surface area contributed by atoms with Crippen LogP contribution in [0, 0.1) is 10.2 Å². The number of nitrogen functional groups attached to an aromatic ring is 1. The van der Waals surface area contributed by atoms with Gasteiger partial charge in [-0.25, -0.2) is 0 Å². The molecule has 1 aromatic heterocycles. The number of rotatable bonds is 6. The van der Waals surface area contributed by atoms with Crippen LogP contribution in [0.15, 0.2) is 54.7 Å². The number of amidine groups is 1. The number of benzene rings is 2. The van der Waals surface area contributed by atoms with Crippen LogP contribution in [-0.2, 0) is 18.3 Å². The molecule has 0 aliphatic carbocycles. The number of nitrogens with zero attached hydrogens (tertiary/aromatic N) is 2. The molecule has 7 heteroatoms. The second-order valence-corrected chi connectivity index (χ2v) is 6.64. The molecule has 1 heterocycles. The van der Waals surface area contributed by atoms with Crippen LogP contribution in [0.25, 0.3) is 16.9 Å². The third-order valence-corrected chi connectivity index (χ3v) is 4.91. The Balaban J connectivity index is 1.92. The smallest absolute Gasteiger partial charge is 0.303 e. The quantitative estimate of drug-likeness (QED) is 0.346. The first-order valence-corrected chi connectivity index (χ1v) is 8.82. The average Bonchev–Trinajstić information content (AvgIpc) is 2.96. The molecule has 0 fully saturated rings. The van der Waals surface area contributed by atoms with Crippen molar-refractivity contribution in [3.63, 3.8) is 0 Å². The molecule has 6 nitrogen and oxygen atoms in total. The summed E-state index contributed by atoms with van der Waals surface area (Å²) >= 11 is 5.57. The number of nitrogens with one attached hydrogen (secondary N) is 1. The molecular formula is C20H20N4O2S. The molecule has 27 heavy (non-hydrogen) atoms. The van der Waals surface area contributed by atoms with Gasteiger partial charge in [-0.2, -0.15) is 0 Å². The van der Waals surface area contributed by atoms with Crippen molar-refractivity contribution in [2.24, 2.45) is 12.8 Å². The Morgan fingerprint density at radius 2 is 1.78 bits per heavy atom. The lowest BCUT2D eigenvalue weighted by atomic mass is 10.1. The van der Waals surface area contributed by atoms with Gasteiger partial charge in [-0.3, -0.25) is 14.8 Å². The minimum absolute atomic E-state index is 0.0295. The number of carbonyl (C=O) groups is 1. The summed E-state index contributed by atoms with van der Waals surface area (Å²) < 4.78 is 4.49. The summed E-state index contributed by atoms with van der Waals surface area (Å²) in [4.78, 5) is 10.7. The Morgan fingerprint density at radius 3 is 2.33 bits per heavy atom. The molecule has 0 saturated carbocycles. The van der Waals surface area contributed by atoms with Gasteiger partial charge in [0.25, 0.3) is 0 Å². The molecular weight excluding hydrogens is 360 g/mol. The molecule has 4 N–H and O–H groups in total. The molecule has 0 radical (unpaired) electrons. The maximum atomic E-state index is 10.7. The molecule has 0 spiro atoms. The van der Waals surface area contributed by atoms with Crippen molar-refractivity contribution in [2.45, 2.75) is 12.8 Å². The van der Waals surface area contributed by atoms with Crippen molar-refractivity contribution in [1.82, 2.24) is 9.13 Å². The van der Waals surface area contributed by atoms with Gasteiger partial charge in [-0.05, 0) is 54.0 Å². The molecule has 2 aromatic carbocycles. The highest BCUT2D eigenvalue weighted by Gasteiger charge is 2.10. The fraction of sp³-hybridized carbons (Fsp3) is 0.150. The molecule has 0 aliphatic rings. The second kappa shape index (κ2) is 7.59. The standard InChI is InChI=1S/C20H20N4O2S/c1-23-17(14-5-2-13(3-6-14)4-11-18(25)26)12-24(20(23)27)16-9-7-15(8-10-16)19(21)22/h2-3,5-10,12H,4,11H2,1H3,(H3,21,22)(H,25,26). The lowest BCUT2D eigenvalue weighted by molar-refractivity contribution is -0.136. The third kappa shape index (κ3) is 3.98. The number of aryl methyl sites for hydroxylation is 1. The van der Waals surface area contributed by atoms with Crippen molar-refractivity contribution in [1.29, 1.82) is 5.41 Å². The van der Waals surface area contributed by atoms with Crippen LogP contribution in [-0.4, -0.2) is 26.0 Å². The molecule has 3 aromatic rings. The van der Waals surface area contributed by atoms with Crippen LogP contribution in [0.1, 0.15) is 17.5 Å². The minimum atomic E-state index is -0.797. The molecule has 0 saturated heterocycles. The second-order valence-electron chi connectivity index (χ2n) is 6.28. The number of carboxylic acid groups (broad SMARTS) is 1. The minimum Gasteiger partial charge on any atom is -0.481 e. The summed E-state index contributed by atoms with van der Waals surface area (Å²) in [5.74, 6) is -0.768. The van der Waals surface area contributed by atoms with E-state index in [1.54, 1.807) is 12.1 Å². The van der Waals surface area contributed by atoms with Crippen LogP contribution in [0.5, 0.6) is 0 Å². The van der Waals surface area contributed by atoms with Gasteiger partial charge in [0.15, 0.2) is 4.77 Å². The van der Waals surface area contributed by atoms with Crippen molar-refractivity contribution in [2.75, 3.05) is 0 Å². The first-order chi connectivity index (χ1) is 12.9. The Hall–Kier alpha value is -3.19. The van der Waals surface area contributed by atoms with Crippen LogP contribution in [0.3, 0.4) is 0 Å². The Kier molecular flexibility index (Phi) is 5.23. The summed E-state index contributed by atoms with van der Waals surface area (Å²) in [6, 6.07) is 15.2. The highest BCUT2D eigenvalue weighted by atomic mass is 32.1. The average molecular weight is 380 g/mol. The predicted octanol–water partition coefficient (Wildman–Crippen LogP) is 3.51. The Labute approximate surface area is 162 Å². The zero-order valence-corrected chi connectivity index (χ0v) is 15.7. The van der Waals surface area contributed by atoms with E-state index in [0.29, 0.717) is 16.8 Å². The Bertz CT molecular complexity index is 1050. The van der Waals surface area contributed by atoms with Gasteiger partial charge in [0.05, 0.1) is 5.69 Å². The normalized spacial score (nSPS) is 10.7. The number of imidazole rings is 1. The van der Waals surface area contributed by atoms with E-state index < -0.39 is 5.97 Å². The van der Waals surface area contributed by atoms with E-state index >= 15 is 0 Å². The van der Waals surface area contributed by atoms with Crippen LogP contribution < -0.4 is 5.73 Å². The highest BCUT2D eigenvalue weighted by Crippen LogP contribution is 2.23. The molecule has 0 aliphatic heterocycles. The fourth-order valence-electron chi connectivity index (χ4n) is 2.88. The van der Waals surface area contributed by atoms with E-state index in [1.165, 1.54) is 0 Å². The van der Waals surface area contributed by atoms with E-state index in [-0.39, 0.29) is 12.3 Å². The summed E-state index contributed by atoms with van der Waals surface area (Å²) in [5.41, 5.74) is 10.0. The van der Waals surface area contributed by atoms with Gasteiger partial charge in [-0.15, -0.1) is 0 Å². The van der Waals surface area contributed by atoms with E-state index in [9.17, 15) is 4.79 Å². The van der Waals surface area contributed by atoms with Gasteiger partial charge in [0, 0.05) is 30.9 Å². The van der Waals surface area contributed by atoms with Gasteiger partial charge in [-0.1, -0.05) is 24.3 Å². The maximum absolute atomic E-state index is 10.7. The predicted molar refractivity (Wildman–Crippen MR) is 108 cm³/mol. The monoisotopic (exact) mass is 380 g/mol. The maximum Gasteiger partial charge on any atom is 0.303 e. The Morgan fingerprint density at radius 1 is 1.15 bits per heavy atom. The topological polar surface area (TPSA) is 97.0 Å². The van der Waals surface area contributed by atoms with Crippen LogP contribution in [0.2, 0.25) is 0 Å². The number of aromatic nitrogens is 2. The number of nitrogens with two attached hydrogens (primary N) is 1. The van der Waals surface area contributed by atoms with Crippen molar-refractivity contribution in [3.05, 3.63) is 70.6 Å². The van der Waals surface area contributed by atoms with E-state index in [4.69, 9.17) is 28.5 Å². The summed E-state index contributed by atoms with van der Waals surface area (Å²) in [6.45, 7) is 0. The molecule has 0 amide bonds. The first kappa shape index (κ1) is 18.6. The highest BCUT2D eigenvalue weighted by molar-refractivity contribution is 7.71. The van der Waals surface area contributed by atoms with Crippen molar-refractivity contribution in [3.8, 4) is 16.9 Å². The van der Waals surface area contributed by atoms with Crippen LogP contribution in [0.4, 0.5) is 0 Å². The molecule has 0 bridgehead atoms. The SMILES string of the molecule is Cn1c(-c2ccc(CCC(=O)O)cc2)cn(-c2ccc(C(=N)N)cc2)c1=S. The lowest BCUT2D eigenvalue weighted by Crippen LogP contribution is -2.10. The zero-order valence-electron chi connectivity index (χ0n) is 14.8. The number of aliphatic carboxylic acids is 1. The molecule has 3 rings (SSSR count). The molecule has 0 unspecified atom stereocenters. The van der Waals surface area contributed by atoms with E-state index in [1.807, 2.05) is 58.8 Å². The molecule has 138 valence electrons. The fourth-order valence-corrected chi connectivity index (χ4v) is 3.13. The van der Waals surface area contributed by atoms with E-state index in [2.05, 4.69) is 0 Å². The summed E-state index contributed by atoms with van der Waals surface area (Å²) in [6.07, 6.45) is 2.60. The van der Waals surface area contributed by atoms with Gasteiger partial charge in [0.1, 0.15) is 5.84 Å². The number of hydrogen-bond acceptors (Lipinski definition) is 3. The largest absolute Gasteiger partial charge is 0.481 e. The van der Waals surface area contributed by atoms with E-state index in [0.717, 1.165) is 22.5 Å². The third-order valence-electron chi connectivity index (χ3n) is 4.44. The summed E-state index contributed by atoms with van der Waals surface area (Å²) in [7, 11) is 1.91. The first-order valence-electron chi connectivity index (χ1n) is 8.41. The number of hydrogen-bond donors (Lipinski definition) is 3. The van der Waals surface area contributed by atoms with Gasteiger partial charge in [0.2, 0.25) is 0 Å². The zero-order chi connectivity index (χ0) is 19.6.